The van der Waals surface area contributed by atoms with Crippen LogP contribution in [0.2, 0.25) is 10.0 Å². The van der Waals surface area contributed by atoms with Crippen LogP contribution in [0.1, 0.15) is 0 Å². The van der Waals surface area contributed by atoms with Crippen LogP contribution in [0.4, 0.5) is 23.2 Å². The van der Waals surface area contributed by atoms with Gasteiger partial charge in [-0.15, -0.1) is 0 Å². The molecule has 12 heteroatoms. The predicted molar refractivity (Wildman–Crippen MR) is 128 cm³/mol. The summed E-state index contributed by atoms with van der Waals surface area (Å²) in [7, 11) is -4.78. The van der Waals surface area contributed by atoms with E-state index in [1.54, 1.807) is 29.0 Å². The molecule has 0 fully saturated rings. The molecule has 1 aromatic heterocycles. The molecule has 1 unspecified atom stereocenters. The fraction of sp³-hybridized carbons (Fsp3) is 0.130. The number of anilines is 1. The SMILES string of the molecule is Nc1cc(Cl)cc(Cl)c1S(=O)(=O)NC(Cn1cc(-c2ccc(F)cc2)c2ccccc21)C(F)(F)F. The van der Waals surface area contributed by atoms with Crippen LogP contribution in [0, 0.1) is 5.82 Å². The third-order valence-corrected chi connectivity index (χ3v) is 7.54. The smallest absolute Gasteiger partial charge is 0.398 e. The summed E-state index contributed by atoms with van der Waals surface area (Å²) in [5, 5.41) is 0.243. The van der Waals surface area contributed by atoms with E-state index in [0.29, 0.717) is 22.0 Å². The Hall–Kier alpha value is -2.79. The summed E-state index contributed by atoms with van der Waals surface area (Å²) in [5.41, 5.74) is 6.90. The average molecular weight is 546 g/mol. The second-order valence-corrected chi connectivity index (χ2v) is 10.2. The quantitative estimate of drug-likeness (QED) is 0.222. The van der Waals surface area contributed by atoms with E-state index < -0.39 is 44.5 Å². The summed E-state index contributed by atoms with van der Waals surface area (Å²) in [4.78, 5) is -0.692. The Morgan fingerprint density at radius 1 is 1.03 bits per heavy atom. The number of hydrogen-bond acceptors (Lipinski definition) is 3. The number of fused-ring (bicyclic) bond motifs is 1. The van der Waals surface area contributed by atoms with E-state index in [1.165, 1.54) is 35.0 Å². The van der Waals surface area contributed by atoms with E-state index in [2.05, 4.69) is 0 Å². The van der Waals surface area contributed by atoms with Crippen LogP contribution >= 0.6 is 23.2 Å². The van der Waals surface area contributed by atoms with E-state index in [0.717, 1.165) is 12.1 Å². The van der Waals surface area contributed by atoms with Crippen molar-refractivity contribution in [3.63, 3.8) is 0 Å². The molecule has 4 aromatic rings. The van der Waals surface area contributed by atoms with Crippen molar-refractivity contribution in [3.8, 4) is 11.1 Å². The van der Waals surface area contributed by atoms with Crippen molar-refractivity contribution in [2.24, 2.45) is 0 Å². The molecule has 3 N–H and O–H groups in total. The van der Waals surface area contributed by atoms with Gasteiger partial charge in [0.05, 0.1) is 10.7 Å². The maximum absolute atomic E-state index is 14.0. The van der Waals surface area contributed by atoms with Crippen molar-refractivity contribution in [2.75, 3.05) is 5.73 Å². The lowest BCUT2D eigenvalue weighted by Crippen LogP contribution is -2.48. The molecule has 0 bridgehead atoms. The summed E-state index contributed by atoms with van der Waals surface area (Å²) in [5.74, 6) is -0.454. The van der Waals surface area contributed by atoms with E-state index in [9.17, 15) is 26.0 Å². The molecule has 0 aliphatic carbocycles. The fourth-order valence-electron chi connectivity index (χ4n) is 3.77. The Kier molecular flexibility index (Phi) is 6.76. The highest BCUT2D eigenvalue weighted by Crippen LogP contribution is 2.34. The first-order valence-corrected chi connectivity index (χ1v) is 12.3. The number of benzene rings is 3. The second kappa shape index (κ2) is 9.34. The van der Waals surface area contributed by atoms with Crippen molar-refractivity contribution < 1.29 is 26.0 Å². The molecule has 184 valence electrons. The van der Waals surface area contributed by atoms with E-state index in [4.69, 9.17) is 28.9 Å². The first-order valence-electron chi connectivity index (χ1n) is 10.0. The van der Waals surface area contributed by atoms with Gasteiger partial charge in [-0.05, 0) is 35.9 Å². The molecule has 0 saturated carbocycles. The average Bonchev–Trinajstić information content (AvgIpc) is 3.11. The first-order chi connectivity index (χ1) is 16.4. The van der Waals surface area contributed by atoms with Crippen LogP contribution in [-0.4, -0.2) is 25.2 Å². The Morgan fingerprint density at radius 2 is 1.69 bits per heavy atom. The minimum atomic E-state index is -4.96. The van der Waals surface area contributed by atoms with Crippen molar-refractivity contribution in [1.29, 1.82) is 0 Å². The molecule has 1 atom stereocenters. The van der Waals surface area contributed by atoms with Gasteiger partial charge in [-0.2, -0.15) is 17.9 Å². The fourth-order valence-corrected chi connectivity index (χ4v) is 5.97. The highest BCUT2D eigenvalue weighted by Gasteiger charge is 2.43. The largest absolute Gasteiger partial charge is 0.406 e. The molecule has 0 amide bonds. The van der Waals surface area contributed by atoms with Crippen LogP contribution in [0.15, 0.2) is 71.8 Å². The van der Waals surface area contributed by atoms with Crippen molar-refractivity contribution >= 4 is 49.8 Å². The summed E-state index contributed by atoms with van der Waals surface area (Å²) in [6.07, 6.45) is -3.49. The van der Waals surface area contributed by atoms with Crippen molar-refractivity contribution in [1.82, 2.24) is 9.29 Å². The van der Waals surface area contributed by atoms with E-state index in [1.807, 2.05) is 0 Å². The normalized spacial score (nSPS) is 13.3. The minimum absolute atomic E-state index is 0.0333. The number of nitrogens with two attached hydrogens (primary N) is 1. The Balaban J connectivity index is 1.75. The Bertz CT molecular complexity index is 1480. The topological polar surface area (TPSA) is 77.1 Å². The molecule has 0 radical (unpaired) electrons. The standard InChI is InChI=1S/C23H17Cl2F4N3O2S/c24-14-9-18(25)22(19(30)10-14)35(33,34)31-21(23(27,28)29)12-32-11-17(13-5-7-15(26)8-6-13)16-3-1-2-4-20(16)32/h1-11,21,31H,12,30H2. The third-order valence-electron chi connectivity index (χ3n) is 5.32. The Morgan fingerprint density at radius 3 is 2.31 bits per heavy atom. The number of nitrogen functional groups attached to an aromatic ring is 1. The van der Waals surface area contributed by atoms with Gasteiger partial charge < -0.3 is 10.3 Å². The van der Waals surface area contributed by atoms with Gasteiger partial charge in [0, 0.05) is 34.2 Å². The zero-order chi connectivity index (χ0) is 25.5. The number of para-hydroxylation sites is 1. The van der Waals surface area contributed by atoms with Gasteiger partial charge in [-0.25, -0.2) is 12.8 Å². The molecular weight excluding hydrogens is 529 g/mol. The van der Waals surface area contributed by atoms with Gasteiger partial charge in [-0.1, -0.05) is 53.5 Å². The second-order valence-electron chi connectivity index (χ2n) is 7.74. The molecule has 3 aromatic carbocycles. The third kappa shape index (κ3) is 5.25. The lowest BCUT2D eigenvalue weighted by Gasteiger charge is -2.23. The number of rotatable bonds is 6. The Labute approximate surface area is 208 Å². The highest BCUT2D eigenvalue weighted by molar-refractivity contribution is 7.89. The lowest BCUT2D eigenvalue weighted by atomic mass is 10.1. The zero-order valence-electron chi connectivity index (χ0n) is 17.7. The molecule has 1 heterocycles. The minimum Gasteiger partial charge on any atom is -0.398 e. The van der Waals surface area contributed by atoms with Gasteiger partial charge in [0.25, 0.3) is 0 Å². The summed E-state index contributed by atoms with van der Waals surface area (Å²) >= 11 is 11.7. The van der Waals surface area contributed by atoms with Gasteiger partial charge in [0.2, 0.25) is 10.0 Å². The number of aromatic nitrogens is 1. The molecule has 0 aliphatic rings. The van der Waals surface area contributed by atoms with E-state index in [-0.39, 0.29) is 10.7 Å². The number of alkyl halides is 3. The number of hydrogen-bond donors (Lipinski definition) is 2. The highest BCUT2D eigenvalue weighted by atomic mass is 35.5. The van der Waals surface area contributed by atoms with Crippen LogP contribution in [-0.2, 0) is 16.6 Å². The van der Waals surface area contributed by atoms with Gasteiger partial charge >= 0.3 is 6.18 Å². The molecule has 35 heavy (non-hydrogen) atoms. The monoisotopic (exact) mass is 545 g/mol. The van der Waals surface area contributed by atoms with E-state index >= 15 is 0 Å². The van der Waals surface area contributed by atoms with Crippen molar-refractivity contribution in [3.05, 3.63) is 82.7 Å². The number of halogens is 6. The molecule has 0 spiro atoms. The van der Waals surface area contributed by atoms with Crippen LogP contribution < -0.4 is 10.5 Å². The number of nitrogens with one attached hydrogen (secondary N) is 1. The first kappa shape index (κ1) is 25.3. The van der Waals surface area contributed by atoms with Gasteiger partial charge in [0.15, 0.2) is 0 Å². The van der Waals surface area contributed by atoms with Crippen molar-refractivity contribution in [2.45, 2.75) is 23.7 Å². The molecule has 0 aliphatic heterocycles. The maximum Gasteiger partial charge on any atom is 0.406 e. The van der Waals surface area contributed by atoms with Crippen LogP contribution in [0.5, 0.6) is 0 Å². The molecular formula is C23H17Cl2F4N3O2S. The molecule has 0 saturated heterocycles. The zero-order valence-corrected chi connectivity index (χ0v) is 20.0. The van der Waals surface area contributed by atoms with Gasteiger partial charge in [0.1, 0.15) is 16.8 Å². The number of nitrogens with zero attached hydrogens (tertiary/aromatic N) is 1. The molecule has 5 nitrogen and oxygen atoms in total. The number of sulfonamides is 1. The van der Waals surface area contributed by atoms with Crippen LogP contribution in [0.3, 0.4) is 0 Å². The maximum atomic E-state index is 14.0. The summed E-state index contributed by atoms with van der Waals surface area (Å²) < 4.78 is 84.2. The van der Waals surface area contributed by atoms with Gasteiger partial charge in [-0.3, -0.25) is 0 Å². The summed E-state index contributed by atoms with van der Waals surface area (Å²) in [6.45, 7) is -0.782. The van der Waals surface area contributed by atoms with Crippen LogP contribution in [0.25, 0.3) is 22.0 Å². The lowest BCUT2D eigenvalue weighted by molar-refractivity contribution is -0.154. The summed E-state index contributed by atoms with van der Waals surface area (Å²) in [6, 6.07) is 11.8. The predicted octanol–water partition coefficient (Wildman–Crippen LogP) is 6.25. The molecule has 4 rings (SSSR count).